The smallest absolute Gasteiger partial charge is 0.310 e. The Morgan fingerprint density at radius 1 is 1.21 bits per heavy atom. The molecular formula is C12H13ClF5N. The lowest BCUT2D eigenvalue weighted by Gasteiger charge is -2.20. The number of alkyl halides is 3. The van der Waals surface area contributed by atoms with Crippen molar-refractivity contribution in [3.63, 3.8) is 0 Å². The molecule has 1 aromatic rings. The zero-order chi connectivity index (χ0) is 14.6. The van der Waals surface area contributed by atoms with Gasteiger partial charge in [0.2, 0.25) is 0 Å². The zero-order valence-electron chi connectivity index (χ0n) is 10.1. The number of hydrogen-bond acceptors (Lipinski definition) is 1. The molecule has 1 atom stereocenters. The van der Waals surface area contributed by atoms with E-state index in [4.69, 9.17) is 11.6 Å². The summed E-state index contributed by atoms with van der Waals surface area (Å²) >= 11 is 5.40. The minimum absolute atomic E-state index is 0.145. The highest BCUT2D eigenvalue weighted by molar-refractivity contribution is 6.30. The van der Waals surface area contributed by atoms with Crippen LogP contribution in [0, 0.1) is 11.6 Å². The van der Waals surface area contributed by atoms with E-state index in [1.165, 1.54) is 0 Å². The fourth-order valence-electron chi connectivity index (χ4n) is 1.73. The van der Waals surface area contributed by atoms with Crippen molar-refractivity contribution in [2.45, 2.75) is 32.0 Å². The summed E-state index contributed by atoms with van der Waals surface area (Å²) in [6.45, 7) is 2.01. The highest BCUT2D eigenvalue weighted by atomic mass is 35.5. The van der Waals surface area contributed by atoms with Crippen molar-refractivity contribution in [2.24, 2.45) is 0 Å². The first-order valence-electron chi connectivity index (χ1n) is 5.69. The van der Waals surface area contributed by atoms with Crippen molar-refractivity contribution < 1.29 is 22.0 Å². The van der Waals surface area contributed by atoms with E-state index in [0.29, 0.717) is 6.54 Å². The molecule has 1 aromatic carbocycles. The Morgan fingerprint density at radius 3 is 2.37 bits per heavy atom. The van der Waals surface area contributed by atoms with Crippen LogP contribution in [0.2, 0.25) is 5.02 Å². The average molecular weight is 302 g/mol. The van der Waals surface area contributed by atoms with Gasteiger partial charge in [-0.2, -0.15) is 13.2 Å². The van der Waals surface area contributed by atoms with Crippen LogP contribution in [-0.2, 0) is 0 Å². The van der Waals surface area contributed by atoms with Gasteiger partial charge in [0.05, 0.1) is 5.02 Å². The van der Waals surface area contributed by atoms with Crippen LogP contribution in [0.1, 0.15) is 31.4 Å². The Bertz CT molecular complexity index is 433. The van der Waals surface area contributed by atoms with E-state index in [-0.39, 0.29) is 12.0 Å². The van der Waals surface area contributed by atoms with Crippen LogP contribution in [0.4, 0.5) is 22.0 Å². The number of hydrogen-bond donors (Lipinski definition) is 1. The lowest BCUT2D eigenvalue weighted by atomic mass is 10.0. The van der Waals surface area contributed by atoms with Crippen LogP contribution >= 0.6 is 11.6 Å². The fraction of sp³-hybridized carbons (Fsp3) is 0.500. The van der Waals surface area contributed by atoms with E-state index in [1.807, 2.05) is 0 Å². The summed E-state index contributed by atoms with van der Waals surface area (Å²) in [7, 11) is 0. The van der Waals surface area contributed by atoms with Crippen molar-refractivity contribution in [3.05, 3.63) is 34.4 Å². The van der Waals surface area contributed by atoms with Gasteiger partial charge in [0, 0.05) is 18.0 Å². The summed E-state index contributed by atoms with van der Waals surface area (Å²) in [6, 6.07) is 0.698. The summed E-state index contributed by atoms with van der Waals surface area (Å²) in [5.74, 6) is -1.67. The van der Waals surface area contributed by atoms with Gasteiger partial charge in [0.25, 0.3) is 0 Å². The van der Waals surface area contributed by atoms with Crippen molar-refractivity contribution in [2.75, 3.05) is 6.54 Å². The van der Waals surface area contributed by atoms with Gasteiger partial charge in [-0.1, -0.05) is 18.5 Å². The van der Waals surface area contributed by atoms with E-state index in [2.05, 4.69) is 5.32 Å². The molecule has 0 spiro atoms. The molecule has 108 valence electrons. The number of halogens is 6. The van der Waals surface area contributed by atoms with Crippen molar-refractivity contribution in [3.8, 4) is 0 Å². The Hall–Kier alpha value is -0.880. The third-order valence-electron chi connectivity index (χ3n) is 2.58. The van der Waals surface area contributed by atoms with E-state index >= 15 is 0 Å². The minimum Gasteiger partial charge on any atom is -0.310 e. The second-order valence-corrected chi connectivity index (χ2v) is 4.46. The molecule has 0 heterocycles. The molecule has 1 unspecified atom stereocenters. The van der Waals surface area contributed by atoms with E-state index in [0.717, 1.165) is 12.1 Å². The molecule has 0 amide bonds. The second kappa shape index (κ2) is 6.52. The van der Waals surface area contributed by atoms with Crippen molar-refractivity contribution >= 4 is 11.6 Å². The third kappa shape index (κ3) is 4.95. The van der Waals surface area contributed by atoms with Crippen LogP contribution in [0.25, 0.3) is 0 Å². The lowest BCUT2D eigenvalue weighted by molar-refractivity contribution is -0.136. The zero-order valence-corrected chi connectivity index (χ0v) is 10.9. The number of benzene rings is 1. The first kappa shape index (κ1) is 16.2. The monoisotopic (exact) mass is 301 g/mol. The van der Waals surface area contributed by atoms with Gasteiger partial charge in [-0.3, -0.25) is 0 Å². The van der Waals surface area contributed by atoms with Crippen LogP contribution < -0.4 is 5.32 Å². The summed E-state index contributed by atoms with van der Waals surface area (Å²) in [5.41, 5.74) is -0.145. The summed E-state index contributed by atoms with van der Waals surface area (Å²) in [6.07, 6.45) is -5.78. The Labute approximate surface area is 112 Å². The highest BCUT2D eigenvalue weighted by Gasteiger charge is 2.29. The Balaban J connectivity index is 2.95. The molecule has 19 heavy (non-hydrogen) atoms. The van der Waals surface area contributed by atoms with Gasteiger partial charge < -0.3 is 5.32 Å². The predicted octanol–water partition coefficient (Wildman–Crippen LogP) is 4.61. The third-order valence-corrected chi connectivity index (χ3v) is 2.87. The largest absolute Gasteiger partial charge is 0.389 e. The fourth-order valence-corrected chi connectivity index (χ4v) is 1.88. The SMILES string of the molecule is CCNC(CCC(F)(F)F)c1cc(F)c(Cl)cc1F. The molecule has 7 heteroatoms. The topological polar surface area (TPSA) is 12.0 Å². The first-order chi connectivity index (χ1) is 8.74. The molecule has 1 N–H and O–H groups in total. The molecule has 0 aliphatic carbocycles. The molecule has 0 saturated heterocycles. The van der Waals surface area contributed by atoms with Crippen LogP contribution in [0.3, 0.4) is 0 Å². The van der Waals surface area contributed by atoms with Crippen molar-refractivity contribution in [1.29, 1.82) is 0 Å². The maximum atomic E-state index is 13.7. The summed E-state index contributed by atoms with van der Waals surface area (Å²) in [4.78, 5) is 0. The van der Waals surface area contributed by atoms with Gasteiger partial charge in [-0.05, 0) is 25.1 Å². The number of nitrogens with one attached hydrogen (secondary N) is 1. The van der Waals surface area contributed by atoms with Gasteiger partial charge in [0.1, 0.15) is 11.6 Å². The van der Waals surface area contributed by atoms with Crippen LogP contribution in [-0.4, -0.2) is 12.7 Å². The van der Waals surface area contributed by atoms with Crippen LogP contribution in [0.5, 0.6) is 0 Å². The standard InChI is InChI=1S/C12H13ClF5N/c1-2-19-11(3-4-12(16,17)18)7-5-10(15)8(13)6-9(7)14/h5-6,11,19H,2-4H2,1H3. The molecule has 1 nitrogen and oxygen atoms in total. The molecule has 1 rings (SSSR count). The lowest BCUT2D eigenvalue weighted by Crippen LogP contribution is -2.24. The van der Waals surface area contributed by atoms with Crippen molar-refractivity contribution in [1.82, 2.24) is 5.32 Å². The molecule has 0 bridgehead atoms. The van der Waals surface area contributed by atoms with E-state index < -0.39 is 35.3 Å². The summed E-state index contributed by atoms with van der Waals surface area (Å²) in [5, 5.41) is 2.31. The molecule has 0 aliphatic rings. The first-order valence-corrected chi connectivity index (χ1v) is 6.07. The Morgan fingerprint density at radius 2 is 1.84 bits per heavy atom. The minimum atomic E-state index is -4.34. The van der Waals surface area contributed by atoms with Gasteiger partial charge >= 0.3 is 6.18 Å². The molecular weight excluding hydrogens is 289 g/mol. The molecule has 0 radical (unpaired) electrons. The molecule has 0 saturated carbocycles. The van der Waals surface area contributed by atoms with Gasteiger partial charge in [0.15, 0.2) is 0 Å². The van der Waals surface area contributed by atoms with E-state index in [9.17, 15) is 22.0 Å². The maximum Gasteiger partial charge on any atom is 0.389 e. The summed E-state index contributed by atoms with van der Waals surface area (Å²) < 4.78 is 63.5. The van der Waals surface area contributed by atoms with Gasteiger partial charge in [-0.25, -0.2) is 8.78 Å². The second-order valence-electron chi connectivity index (χ2n) is 4.05. The Kier molecular flexibility index (Phi) is 5.55. The van der Waals surface area contributed by atoms with Crippen LogP contribution in [0.15, 0.2) is 12.1 Å². The highest BCUT2D eigenvalue weighted by Crippen LogP contribution is 2.30. The molecule has 0 aliphatic heterocycles. The average Bonchev–Trinajstić information content (AvgIpc) is 2.28. The molecule has 0 aromatic heterocycles. The predicted molar refractivity (Wildman–Crippen MR) is 63.1 cm³/mol. The van der Waals surface area contributed by atoms with Gasteiger partial charge in [-0.15, -0.1) is 0 Å². The van der Waals surface area contributed by atoms with E-state index in [1.54, 1.807) is 6.92 Å². The maximum absolute atomic E-state index is 13.7. The molecule has 0 fully saturated rings. The normalized spacial score (nSPS) is 13.6. The number of rotatable bonds is 5. The quantitative estimate of drug-likeness (QED) is 0.618.